The van der Waals surface area contributed by atoms with Crippen LogP contribution >= 0.6 is 11.3 Å². The first kappa shape index (κ1) is 10.7. The van der Waals surface area contributed by atoms with Gasteiger partial charge in [-0.1, -0.05) is 13.0 Å². The molecule has 0 aliphatic rings. The second kappa shape index (κ2) is 4.33. The van der Waals surface area contributed by atoms with Gasteiger partial charge in [-0.2, -0.15) is 0 Å². The number of aliphatic hydroxyl groups excluding tert-OH is 1. The molecule has 0 unspecified atom stereocenters. The van der Waals surface area contributed by atoms with E-state index in [2.05, 4.69) is 31.4 Å². The van der Waals surface area contributed by atoms with Gasteiger partial charge < -0.3 is 5.11 Å². The molecule has 1 heterocycles. The first-order chi connectivity index (χ1) is 7.26. The van der Waals surface area contributed by atoms with E-state index in [1.807, 2.05) is 0 Å². The first-order valence-electron chi connectivity index (χ1n) is 5.36. The van der Waals surface area contributed by atoms with E-state index in [1.54, 1.807) is 11.3 Å². The summed E-state index contributed by atoms with van der Waals surface area (Å²) in [5, 5.41) is 12.6. The highest BCUT2D eigenvalue weighted by molar-refractivity contribution is 7.17. The van der Waals surface area contributed by atoms with Crippen LogP contribution in [0.1, 0.15) is 23.6 Å². The van der Waals surface area contributed by atoms with Crippen molar-refractivity contribution in [3.05, 3.63) is 34.2 Å². The van der Waals surface area contributed by atoms with Crippen LogP contribution in [0.2, 0.25) is 0 Å². The van der Waals surface area contributed by atoms with E-state index >= 15 is 0 Å². The Kier molecular flexibility index (Phi) is 3.08. The lowest BCUT2D eigenvalue weighted by atomic mass is 10.0. The number of thiophene rings is 1. The van der Waals surface area contributed by atoms with Crippen molar-refractivity contribution in [1.29, 1.82) is 0 Å². The molecule has 0 atom stereocenters. The van der Waals surface area contributed by atoms with Crippen molar-refractivity contribution in [2.75, 3.05) is 6.61 Å². The highest BCUT2D eigenvalue weighted by Crippen LogP contribution is 2.30. The zero-order valence-electron chi connectivity index (χ0n) is 9.21. The first-order valence-corrected chi connectivity index (χ1v) is 6.24. The molecule has 0 saturated carbocycles. The summed E-state index contributed by atoms with van der Waals surface area (Å²) in [6.45, 7) is 4.55. The van der Waals surface area contributed by atoms with Crippen LogP contribution in [0.5, 0.6) is 0 Å². The number of hydrogen-bond donors (Lipinski definition) is 1. The molecule has 2 rings (SSSR count). The zero-order valence-corrected chi connectivity index (χ0v) is 10.0. The number of benzene rings is 1. The van der Waals surface area contributed by atoms with E-state index in [0.29, 0.717) is 0 Å². The van der Waals surface area contributed by atoms with Crippen LogP contribution < -0.4 is 0 Å². The highest BCUT2D eigenvalue weighted by Gasteiger charge is 2.07. The maximum atomic E-state index is 9.07. The molecule has 80 valence electrons. The second-order valence-corrected chi connectivity index (χ2v) is 4.79. The SMILES string of the molecule is CCc1cc(CCO)c2c(C)csc2c1. The number of hydrogen-bond acceptors (Lipinski definition) is 2. The number of aryl methyl sites for hydroxylation is 2. The minimum absolute atomic E-state index is 0.234. The van der Waals surface area contributed by atoms with Crippen molar-refractivity contribution >= 4 is 21.4 Å². The number of aliphatic hydroxyl groups is 1. The van der Waals surface area contributed by atoms with E-state index in [0.717, 1.165) is 12.8 Å². The van der Waals surface area contributed by atoms with Crippen molar-refractivity contribution < 1.29 is 5.11 Å². The predicted molar refractivity (Wildman–Crippen MR) is 66.7 cm³/mol. The number of rotatable bonds is 3. The summed E-state index contributed by atoms with van der Waals surface area (Å²) in [5.41, 5.74) is 4.00. The molecule has 1 N–H and O–H groups in total. The van der Waals surface area contributed by atoms with Gasteiger partial charge in [-0.25, -0.2) is 0 Å². The van der Waals surface area contributed by atoms with Crippen LogP contribution in [0.4, 0.5) is 0 Å². The van der Waals surface area contributed by atoms with Gasteiger partial charge >= 0.3 is 0 Å². The smallest absolute Gasteiger partial charge is 0.0471 e. The average molecular weight is 220 g/mol. The van der Waals surface area contributed by atoms with E-state index < -0.39 is 0 Å². The van der Waals surface area contributed by atoms with E-state index in [-0.39, 0.29) is 6.61 Å². The third-order valence-corrected chi connectivity index (χ3v) is 3.84. The lowest BCUT2D eigenvalue weighted by molar-refractivity contribution is 0.300. The van der Waals surface area contributed by atoms with Crippen molar-refractivity contribution in [3.63, 3.8) is 0 Å². The molecule has 0 bridgehead atoms. The Morgan fingerprint density at radius 3 is 2.80 bits per heavy atom. The molecule has 0 saturated heterocycles. The fourth-order valence-electron chi connectivity index (χ4n) is 2.01. The molecular formula is C13H16OS. The molecule has 2 aromatic rings. The van der Waals surface area contributed by atoms with Crippen LogP contribution in [-0.4, -0.2) is 11.7 Å². The summed E-state index contributed by atoms with van der Waals surface area (Å²) >= 11 is 1.80. The standard InChI is InChI=1S/C13H16OS/c1-3-10-6-11(4-5-14)13-9(2)8-15-12(13)7-10/h6-8,14H,3-5H2,1-2H3. The van der Waals surface area contributed by atoms with Gasteiger partial charge in [0.2, 0.25) is 0 Å². The Balaban J connectivity index is 2.66. The van der Waals surface area contributed by atoms with Gasteiger partial charge in [-0.15, -0.1) is 11.3 Å². The maximum Gasteiger partial charge on any atom is 0.0471 e. The van der Waals surface area contributed by atoms with Crippen LogP contribution in [0.25, 0.3) is 10.1 Å². The Hall–Kier alpha value is -0.860. The van der Waals surface area contributed by atoms with Crippen LogP contribution in [-0.2, 0) is 12.8 Å². The second-order valence-electron chi connectivity index (χ2n) is 3.87. The summed E-state index contributed by atoms with van der Waals surface area (Å²) in [6.07, 6.45) is 1.83. The molecule has 2 heteroatoms. The topological polar surface area (TPSA) is 20.2 Å². The predicted octanol–water partition coefficient (Wildman–Crippen LogP) is 3.31. The summed E-state index contributed by atoms with van der Waals surface area (Å²) in [4.78, 5) is 0. The molecule has 0 amide bonds. The molecule has 15 heavy (non-hydrogen) atoms. The molecule has 0 fully saturated rings. The Morgan fingerprint density at radius 1 is 1.33 bits per heavy atom. The molecule has 1 nitrogen and oxygen atoms in total. The molecule has 1 aromatic heterocycles. The van der Waals surface area contributed by atoms with E-state index in [9.17, 15) is 0 Å². The van der Waals surface area contributed by atoms with Gasteiger partial charge in [0.1, 0.15) is 0 Å². The fraction of sp³-hybridized carbons (Fsp3) is 0.385. The van der Waals surface area contributed by atoms with Crippen molar-refractivity contribution in [3.8, 4) is 0 Å². The summed E-state index contributed by atoms with van der Waals surface area (Å²) in [6, 6.07) is 4.51. The summed E-state index contributed by atoms with van der Waals surface area (Å²) in [7, 11) is 0. The maximum absolute atomic E-state index is 9.07. The fourth-order valence-corrected chi connectivity index (χ4v) is 3.06. The number of fused-ring (bicyclic) bond motifs is 1. The lowest BCUT2D eigenvalue weighted by Crippen LogP contribution is -1.94. The quantitative estimate of drug-likeness (QED) is 0.841. The van der Waals surface area contributed by atoms with E-state index in [1.165, 1.54) is 26.8 Å². The van der Waals surface area contributed by atoms with Crippen molar-refractivity contribution in [2.45, 2.75) is 26.7 Å². The molecule has 0 aliphatic carbocycles. The van der Waals surface area contributed by atoms with Crippen molar-refractivity contribution in [2.24, 2.45) is 0 Å². The average Bonchev–Trinajstić information content (AvgIpc) is 2.61. The highest BCUT2D eigenvalue weighted by atomic mass is 32.1. The van der Waals surface area contributed by atoms with Gasteiger partial charge in [0, 0.05) is 11.3 Å². The largest absolute Gasteiger partial charge is 0.396 e. The van der Waals surface area contributed by atoms with Gasteiger partial charge in [0.15, 0.2) is 0 Å². The van der Waals surface area contributed by atoms with Gasteiger partial charge in [0.25, 0.3) is 0 Å². The van der Waals surface area contributed by atoms with Crippen LogP contribution in [0.15, 0.2) is 17.5 Å². The Morgan fingerprint density at radius 2 is 2.13 bits per heavy atom. The van der Waals surface area contributed by atoms with Gasteiger partial charge in [-0.05, 0) is 53.3 Å². The molecule has 0 aliphatic heterocycles. The molecule has 1 aromatic carbocycles. The normalized spacial score (nSPS) is 11.1. The minimum Gasteiger partial charge on any atom is -0.396 e. The van der Waals surface area contributed by atoms with Crippen molar-refractivity contribution in [1.82, 2.24) is 0 Å². The lowest BCUT2D eigenvalue weighted by Gasteiger charge is -2.06. The van der Waals surface area contributed by atoms with E-state index in [4.69, 9.17) is 5.11 Å². The summed E-state index contributed by atoms with van der Waals surface area (Å²) in [5.74, 6) is 0. The van der Waals surface area contributed by atoms with Crippen LogP contribution in [0, 0.1) is 6.92 Å². The monoisotopic (exact) mass is 220 g/mol. The van der Waals surface area contributed by atoms with Gasteiger partial charge in [0.05, 0.1) is 0 Å². The molecule has 0 radical (unpaired) electrons. The third kappa shape index (κ3) is 1.92. The molecular weight excluding hydrogens is 204 g/mol. The zero-order chi connectivity index (χ0) is 10.8. The Labute approximate surface area is 94.4 Å². The van der Waals surface area contributed by atoms with Gasteiger partial charge in [-0.3, -0.25) is 0 Å². The molecule has 0 spiro atoms. The van der Waals surface area contributed by atoms with Crippen LogP contribution in [0.3, 0.4) is 0 Å². The Bertz CT molecular complexity index is 471. The third-order valence-electron chi connectivity index (χ3n) is 2.79. The summed E-state index contributed by atoms with van der Waals surface area (Å²) < 4.78 is 1.36. The minimum atomic E-state index is 0.234.